The number of likely N-dealkylation sites (N-methyl/N-ethyl adjacent to an activating group) is 1. The fraction of sp³-hybridized carbons (Fsp3) is 0.176. The lowest BCUT2D eigenvalue weighted by atomic mass is 10.2. The van der Waals surface area contributed by atoms with E-state index in [-0.39, 0.29) is 12.1 Å². The monoisotopic (exact) mass is 396 g/mol. The van der Waals surface area contributed by atoms with Crippen molar-refractivity contribution in [1.82, 2.24) is 4.90 Å². The molecule has 0 saturated carbocycles. The molecule has 7 heteroatoms. The molecule has 2 amide bonds. The number of carbonyl (C=O) groups excluding carboxylic acids is 2. The van der Waals surface area contributed by atoms with Crippen LogP contribution in [0.4, 0.5) is 14.5 Å². The first-order valence-corrected chi connectivity index (χ1v) is 7.83. The first kappa shape index (κ1) is 18.1. The Hall–Kier alpha value is -2.28. The number of aryl methyl sites for hydroxylation is 1. The van der Waals surface area contributed by atoms with Gasteiger partial charge in [-0.05, 0) is 42.8 Å². The molecule has 2 aromatic rings. The van der Waals surface area contributed by atoms with Gasteiger partial charge in [-0.25, -0.2) is 8.78 Å². The van der Waals surface area contributed by atoms with Crippen LogP contribution >= 0.6 is 15.9 Å². The number of hydrogen-bond donors (Lipinski definition) is 1. The van der Waals surface area contributed by atoms with E-state index in [1.54, 1.807) is 12.1 Å². The summed E-state index contributed by atoms with van der Waals surface area (Å²) in [6, 6.07) is 8.05. The van der Waals surface area contributed by atoms with E-state index in [1.807, 2.05) is 13.0 Å². The quantitative estimate of drug-likeness (QED) is 0.855. The minimum absolute atomic E-state index is 0.259. The van der Waals surface area contributed by atoms with Crippen LogP contribution in [-0.4, -0.2) is 30.3 Å². The minimum Gasteiger partial charge on any atom is -0.332 e. The molecule has 0 aliphatic heterocycles. The molecule has 0 unspecified atom stereocenters. The van der Waals surface area contributed by atoms with Gasteiger partial charge in [0, 0.05) is 23.3 Å². The van der Waals surface area contributed by atoms with Gasteiger partial charge < -0.3 is 10.2 Å². The van der Waals surface area contributed by atoms with Crippen LogP contribution in [0.5, 0.6) is 0 Å². The first-order valence-electron chi connectivity index (χ1n) is 7.04. The van der Waals surface area contributed by atoms with Gasteiger partial charge in [0.1, 0.15) is 11.6 Å². The maximum absolute atomic E-state index is 13.6. The maximum atomic E-state index is 13.6. The van der Waals surface area contributed by atoms with Crippen LogP contribution in [0.2, 0.25) is 0 Å². The molecule has 0 fully saturated rings. The highest BCUT2D eigenvalue weighted by Gasteiger charge is 2.19. The molecule has 0 heterocycles. The standard InChI is InChI=1S/C17H15BrF2N2O2/c1-10-7-11(18)3-6-15(10)21-16(23)9-22(2)17(24)13-5-4-12(19)8-14(13)20/h3-8H,9H2,1-2H3,(H,21,23). The zero-order valence-electron chi connectivity index (χ0n) is 13.1. The van der Waals surface area contributed by atoms with E-state index in [1.165, 1.54) is 7.05 Å². The van der Waals surface area contributed by atoms with Crippen LogP contribution in [0.25, 0.3) is 0 Å². The molecule has 0 aromatic heterocycles. The Morgan fingerprint density at radius 2 is 1.88 bits per heavy atom. The van der Waals surface area contributed by atoms with Crippen molar-refractivity contribution in [3.05, 3.63) is 63.6 Å². The Morgan fingerprint density at radius 3 is 2.50 bits per heavy atom. The molecule has 4 nitrogen and oxygen atoms in total. The average molecular weight is 397 g/mol. The molecule has 0 aliphatic carbocycles. The van der Waals surface area contributed by atoms with E-state index >= 15 is 0 Å². The SMILES string of the molecule is Cc1cc(Br)ccc1NC(=O)CN(C)C(=O)c1ccc(F)cc1F. The van der Waals surface area contributed by atoms with Gasteiger partial charge in [-0.3, -0.25) is 9.59 Å². The fourth-order valence-corrected chi connectivity index (χ4v) is 2.59. The second-order valence-corrected chi connectivity index (χ2v) is 6.21. The van der Waals surface area contributed by atoms with Crippen molar-refractivity contribution in [2.45, 2.75) is 6.92 Å². The molecule has 126 valence electrons. The number of nitrogens with one attached hydrogen (secondary N) is 1. The summed E-state index contributed by atoms with van der Waals surface area (Å²) in [4.78, 5) is 25.3. The topological polar surface area (TPSA) is 49.4 Å². The number of carbonyl (C=O) groups is 2. The number of halogens is 3. The van der Waals surface area contributed by atoms with Crippen LogP contribution in [0.15, 0.2) is 40.9 Å². The summed E-state index contributed by atoms with van der Waals surface area (Å²) in [5.74, 6) is -2.85. The van der Waals surface area contributed by atoms with Crippen molar-refractivity contribution in [2.24, 2.45) is 0 Å². The number of amides is 2. The van der Waals surface area contributed by atoms with Crippen molar-refractivity contribution in [1.29, 1.82) is 0 Å². The lowest BCUT2D eigenvalue weighted by Gasteiger charge is -2.18. The van der Waals surface area contributed by atoms with Crippen LogP contribution < -0.4 is 5.32 Å². The second-order valence-electron chi connectivity index (χ2n) is 5.29. The van der Waals surface area contributed by atoms with Crippen molar-refractivity contribution in [3.63, 3.8) is 0 Å². The molecule has 1 N–H and O–H groups in total. The summed E-state index contributed by atoms with van der Waals surface area (Å²) in [5, 5.41) is 2.69. The van der Waals surface area contributed by atoms with E-state index in [0.29, 0.717) is 11.8 Å². The summed E-state index contributed by atoms with van der Waals surface area (Å²) >= 11 is 3.33. The Labute approximate surface area is 146 Å². The van der Waals surface area contributed by atoms with Gasteiger partial charge in [0.25, 0.3) is 5.91 Å². The van der Waals surface area contributed by atoms with Crippen molar-refractivity contribution in [3.8, 4) is 0 Å². The maximum Gasteiger partial charge on any atom is 0.257 e. The molecule has 24 heavy (non-hydrogen) atoms. The van der Waals surface area contributed by atoms with E-state index in [2.05, 4.69) is 21.2 Å². The van der Waals surface area contributed by atoms with Gasteiger partial charge in [-0.1, -0.05) is 15.9 Å². The normalized spacial score (nSPS) is 10.4. The van der Waals surface area contributed by atoms with E-state index in [0.717, 1.165) is 27.1 Å². The highest BCUT2D eigenvalue weighted by atomic mass is 79.9. The summed E-state index contributed by atoms with van der Waals surface area (Å²) < 4.78 is 27.4. The minimum atomic E-state index is -0.962. The molecular weight excluding hydrogens is 382 g/mol. The zero-order chi connectivity index (χ0) is 17.9. The molecule has 0 bridgehead atoms. The molecular formula is C17H15BrF2N2O2. The third kappa shape index (κ3) is 4.38. The first-order chi connectivity index (χ1) is 11.3. The molecule has 0 aliphatic rings. The fourth-order valence-electron chi connectivity index (χ4n) is 2.11. The van der Waals surface area contributed by atoms with Gasteiger partial charge in [-0.15, -0.1) is 0 Å². The molecule has 0 saturated heterocycles. The predicted octanol–water partition coefficient (Wildman–Crippen LogP) is 3.75. The van der Waals surface area contributed by atoms with Crippen molar-refractivity contribution in [2.75, 3.05) is 18.9 Å². The lowest BCUT2D eigenvalue weighted by Crippen LogP contribution is -2.35. The summed E-state index contributed by atoms with van der Waals surface area (Å²) in [6.45, 7) is 1.58. The van der Waals surface area contributed by atoms with Gasteiger partial charge in [-0.2, -0.15) is 0 Å². The van der Waals surface area contributed by atoms with Crippen molar-refractivity contribution >= 4 is 33.4 Å². The van der Waals surface area contributed by atoms with E-state index in [4.69, 9.17) is 0 Å². The number of benzene rings is 2. The lowest BCUT2D eigenvalue weighted by molar-refractivity contribution is -0.116. The highest BCUT2D eigenvalue weighted by molar-refractivity contribution is 9.10. The highest BCUT2D eigenvalue weighted by Crippen LogP contribution is 2.20. The molecule has 2 rings (SSSR count). The smallest absolute Gasteiger partial charge is 0.257 e. The summed E-state index contributed by atoms with van der Waals surface area (Å²) in [7, 11) is 1.37. The molecule has 0 spiro atoms. The Bertz CT molecular complexity index is 796. The number of rotatable bonds is 4. The molecule has 0 radical (unpaired) electrons. The average Bonchev–Trinajstić information content (AvgIpc) is 2.49. The summed E-state index contributed by atoms with van der Waals surface area (Å²) in [5.41, 5.74) is 1.19. The second kappa shape index (κ2) is 7.53. The third-order valence-electron chi connectivity index (χ3n) is 3.35. The van der Waals surface area contributed by atoms with Gasteiger partial charge in [0.15, 0.2) is 0 Å². The predicted molar refractivity (Wildman–Crippen MR) is 90.8 cm³/mol. The van der Waals surface area contributed by atoms with Crippen LogP contribution in [0.3, 0.4) is 0 Å². The van der Waals surface area contributed by atoms with Crippen molar-refractivity contribution < 1.29 is 18.4 Å². The summed E-state index contributed by atoms with van der Waals surface area (Å²) in [6.07, 6.45) is 0. The number of hydrogen-bond acceptors (Lipinski definition) is 2. The number of nitrogens with zero attached hydrogens (tertiary/aromatic N) is 1. The third-order valence-corrected chi connectivity index (χ3v) is 3.84. The van der Waals surface area contributed by atoms with Crippen LogP contribution in [-0.2, 0) is 4.79 Å². The van der Waals surface area contributed by atoms with Gasteiger partial charge >= 0.3 is 0 Å². The van der Waals surface area contributed by atoms with E-state index < -0.39 is 23.4 Å². The number of anilines is 1. The Balaban J connectivity index is 2.04. The largest absolute Gasteiger partial charge is 0.332 e. The van der Waals surface area contributed by atoms with E-state index in [9.17, 15) is 18.4 Å². The molecule has 2 aromatic carbocycles. The zero-order valence-corrected chi connectivity index (χ0v) is 14.7. The Kier molecular flexibility index (Phi) is 5.66. The van der Waals surface area contributed by atoms with Gasteiger partial charge in [0.05, 0.1) is 12.1 Å². The molecule has 0 atom stereocenters. The van der Waals surface area contributed by atoms with Crippen LogP contribution in [0.1, 0.15) is 15.9 Å². The van der Waals surface area contributed by atoms with Crippen LogP contribution in [0, 0.1) is 18.6 Å². The Morgan fingerprint density at radius 1 is 1.17 bits per heavy atom. The van der Waals surface area contributed by atoms with Gasteiger partial charge in [0.2, 0.25) is 5.91 Å².